The van der Waals surface area contributed by atoms with Gasteiger partial charge in [-0.25, -0.2) is 4.79 Å². The molecule has 3 aromatic carbocycles. The number of benzene rings is 3. The molecule has 0 saturated carbocycles. The zero-order chi connectivity index (χ0) is 19.0. The fourth-order valence-corrected chi connectivity index (χ4v) is 4.58. The van der Waals surface area contributed by atoms with Crippen molar-refractivity contribution >= 4 is 17.1 Å². The highest BCUT2D eigenvalue weighted by molar-refractivity contribution is 7.95. The highest BCUT2D eigenvalue weighted by atomic mass is 32.2. The minimum absolute atomic E-state index is 0.0934. The summed E-state index contributed by atoms with van der Waals surface area (Å²) in [6, 6.07) is 22.8. The van der Waals surface area contributed by atoms with Crippen LogP contribution in [0.3, 0.4) is 0 Å². The lowest BCUT2D eigenvalue weighted by Crippen LogP contribution is -2.09. The molecule has 0 spiro atoms. The average molecular weight is 377 g/mol. The third kappa shape index (κ3) is 3.33. The summed E-state index contributed by atoms with van der Waals surface area (Å²) in [5.41, 5.74) is 6.05. The molecule has 4 rings (SSSR count). The Labute approximate surface area is 162 Å². The van der Waals surface area contributed by atoms with Gasteiger partial charge < -0.3 is 9.84 Å². The Morgan fingerprint density at radius 2 is 1.56 bits per heavy atom. The van der Waals surface area contributed by atoms with Crippen LogP contribution < -0.4 is 4.74 Å². The third-order valence-corrected chi connectivity index (χ3v) is 6.28. The molecule has 0 unspecified atom stereocenters. The molecule has 27 heavy (non-hydrogen) atoms. The van der Waals surface area contributed by atoms with E-state index in [0.717, 1.165) is 5.56 Å². The Hall–Kier alpha value is -2.72. The van der Waals surface area contributed by atoms with Gasteiger partial charge in [0.05, 0.1) is 0 Å². The van der Waals surface area contributed by atoms with E-state index in [1.807, 2.05) is 6.07 Å². The van der Waals surface area contributed by atoms with Crippen molar-refractivity contribution < 1.29 is 14.6 Å². The zero-order valence-electron chi connectivity index (χ0n) is 15.3. The minimum atomic E-state index is -1.27. The summed E-state index contributed by atoms with van der Waals surface area (Å²) < 4.78 is 5.09. The zero-order valence-corrected chi connectivity index (χ0v) is 16.1. The largest absolute Gasteiger partial charge is 0.511 e. The number of rotatable bonds is 4. The number of carbonyl (C=O) groups is 1. The van der Waals surface area contributed by atoms with Gasteiger partial charge in [0.2, 0.25) is 0 Å². The molecule has 0 atom stereocenters. The van der Waals surface area contributed by atoms with Gasteiger partial charge in [-0.2, -0.15) is 0 Å². The van der Waals surface area contributed by atoms with Gasteiger partial charge in [-0.05, 0) is 40.8 Å². The van der Waals surface area contributed by atoms with Gasteiger partial charge in [-0.1, -0.05) is 48.5 Å². The van der Waals surface area contributed by atoms with Crippen molar-refractivity contribution in [1.82, 2.24) is 0 Å². The Kier molecular flexibility index (Phi) is 4.66. The van der Waals surface area contributed by atoms with Gasteiger partial charge in [-0.15, -0.1) is 0 Å². The maximum Gasteiger partial charge on any atom is 0.511 e. The topological polar surface area (TPSA) is 46.5 Å². The molecule has 0 bridgehead atoms. The van der Waals surface area contributed by atoms with Gasteiger partial charge in [0.1, 0.15) is 18.3 Å². The SMILES string of the molecule is C[S+](C)c1ccc(OC(=O)O)c(CC2c3ccccc3-c3ccccc32)c1. The molecular formula is C23H21O3S+. The molecule has 0 aliphatic heterocycles. The van der Waals surface area contributed by atoms with E-state index in [2.05, 4.69) is 67.1 Å². The minimum Gasteiger partial charge on any atom is -0.449 e. The van der Waals surface area contributed by atoms with Crippen LogP contribution in [0.2, 0.25) is 0 Å². The third-order valence-electron chi connectivity index (χ3n) is 5.09. The van der Waals surface area contributed by atoms with Crippen LogP contribution in [0.5, 0.6) is 5.75 Å². The molecule has 0 heterocycles. The van der Waals surface area contributed by atoms with Gasteiger partial charge in [0.15, 0.2) is 4.90 Å². The van der Waals surface area contributed by atoms with Gasteiger partial charge in [-0.3, -0.25) is 0 Å². The number of hydrogen-bond acceptors (Lipinski definition) is 2. The van der Waals surface area contributed by atoms with E-state index in [0.29, 0.717) is 12.2 Å². The van der Waals surface area contributed by atoms with Crippen LogP contribution in [-0.4, -0.2) is 23.8 Å². The van der Waals surface area contributed by atoms with E-state index in [1.54, 1.807) is 6.07 Å². The molecule has 0 aromatic heterocycles. The Bertz CT molecular complexity index is 965. The van der Waals surface area contributed by atoms with Crippen molar-refractivity contribution in [3.63, 3.8) is 0 Å². The fraction of sp³-hybridized carbons (Fsp3) is 0.174. The van der Waals surface area contributed by atoms with E-state index in [-0.39, 0.29) is 16.8 Å². The highest BCUT2D eigenvalue weighted by Gasteiger charge is 2.29. The van der Waals surface area contributed by atoms with E-state index >= 15 is 0 Å². The Morgan fingerprint density at radius 1 is 0.963 bits per heavy atom. The number of fused-ring (bicyclic) bond motifs is 3. The van der Waals surface area contributed by atoms with E-state index in [1.165, 1.54) is 27.1 Å². The van der Waals surface area contributed by atoms with Crippen LogP contribution in [0.1, 0.15) is 22.6 Å². The molecule has 1 aliphatic rings. The molecule has 0 radical (unpaired) electrons. The molecule has 0 amide bonds. The monoisotopic (exact) mass is 377 g/mol. The maximum absolute atomic E-state index is 11.2. The van der Waals surface area contributed by atoms with E-state index < -0.39 is 6.16 Å². The fourth-order valence-electron chi connectivity index (χ4n) is 3.86. The lowest BCUT2D eigenvalue weighted by atomic mass is 9.90. The first-order valence-electron chi connectivity index (χ1n) is 8.84. The average Bonchev–Trinajstić information content (AvgIpc) is 2.97. The summed E-state index contributed by atoms with van der Waals surface area (Å²) >= 11 is 0. The van der Waals surface area contributed by atoms with Crippen molar-refractivity contribution in [3.05, 3.63) is 83.4 Å². The first-order valence-corrected chi connectivity index (χ1v) is 10.9. The molecule has 136 valence electrons. The number of carboxylic acid groups (broad SMARTS) is 1. The van der Waals surface area contributed by atoms with Gasteiger partial charge >= 0.3 is 6.16 Å². The lowest BCUT2D eigenvalue weighted by molar-refractivity contribution is 0.144. The van der Waals surface area contributed by atoms with Crippen molar-refractivity contribution in [3.8, 4) is 16.9 Å². The van der Waals surface area contributed by atoms with E-state index in [9.17, 15) is 4.79 Å². The number of ether oxygens (including phenoxy) is 1. The second-order valence-electron chi connectivity index (χ2n) is 6.89. The summed E-state index contributed by atoms with van der Waals surface area (Å²) in [4.78, 5) is 12.4. The molecule has 4 heteroatoms. The summed E-state index contributed by atoms with van der Waals surface area (Å²) in [5.74, 6) is 0.623. The second kappa shape index (κ2) is 7.12. The summed E-state index contributed by atoms with van der Waals surface area (Å²) in [6.45, 7) is 0. The van der Waals surface area contributed by atoms with Gasteiger partial charge in [0.25, 0.3) is 0 Å². The molecule has 3 nitrogen and oxygen atoms in total. The van der Waals surface area contributed by atoms with Gasteiger partial charge in [0, 0.05) is 28.4 Å². The van der Waals surface area contributed by atoms with Crippen LogP contribution in [-0.2, 0) is 17.3 Å². The first kappa shape index (κ1) is 17.7. The number of hydrogen-bond donors (Lipinski definition) is 1. The standard InChI is InChI=1S/C23H20O3S/c1-27(2)16-11-12-22(26-23(24)25)15(13-16)14-21-19-9-5-3-7-17(19)18-8-4-6-10-20(18)21/h3-13,21H,14H2,1-2H3/p+1. The van der Waals surface area contributed by atoms with Crippen molar-refractivity contribution in [2.75, 3.05) is 12.5 Å². The van der Waals surface area contributed by atoms with Crippen LogP contribution in [0.25, 0.3) is 11.1 Å². The molecular weight excluding hydrogens is 356 g/mol. The van der Waals surface area contributed by atoms with Crippen molar-refractivity contribution in [1.29, 1.82) is 0 Å². The molecule has 1 N–H and O–H groups in total. The molecule has 3 aromatic rings. The predicted molar refractivity (Wildman–Crippen MR) is 110 cm³/mol. The predicted octanol–water partition coefficient (Wildman–Crippen LogP) is 5.34. The smallest absolute Gasteiger partial charge is 0.449 e. The lowest BCUT2D eigenvalue weighted by Gasteiger charge is -2.16. The van der Waals surface area contributed by atoms with E-state index in [4.69, 9.17) is 9.84 Å². The van der Waals surface area contributed by atoms with Crippen molar-refractivity contribution in [2.24, 2.45) is 0 Å². The summed E-state index contributed by atoms with van der Waals surface area (Å²) in [7, 11) is 0.0934. The Morgan fingerprint density at radius 3 is 2.11 bits per heavy atom. The van der Waals surface area contributed by atoms with Crippen LogP contribution in [0, 0.1) is 0 Å². The summed E-state index contributed by atoms with van der Waals surface area (Å²) in [6.07, 6.45) is 3.76. The Balaban J connectivity index is 1.80. The normalized spacial score (nSPS) is 12.7. The summed E-state index contributed by atoms with van der Waals surface area (Å²) in [5, 5.41) is 9.13. The van der Waals surface area contributed by atoms with Crippen LogP contribution >= 0.6 is 0 Å². The first-order chi connectivity index (χ1) is 13.0. The highest BCUT2D eigenvalue weighted by Crippen LogP contribution is 2.46. The molecule has 0 saturated heterocycles. The second-order valence-corrected chi connectivity index (χ2v) is 8.99. The molecule has 0 fully saturated rings. The van der Waals surface area contributed by atoms with Crippen LogP contribution in [0.4, 0.5) is 4.79 Å². The maximum atomic E-state index is 11.2. The van der Waals surface area contributed by atoms with Crippen molar-refractivity contribution in [2.45, 2.75) is 17.2 Å². The molecule has 1 aliphatic carbocycles. The van der Waals surface area contributed by atoms with Crippen LogP contribution in [0.15, 0.2) is 71.6 Å². The quantitative estimate of drug-likeness (QED) is 0.379.